The molecule has 1 saturated heterocycles. The van der Waals surface area contributed by atoms with Crippen LogP contribution in [-0.4, -0.2) is 22.8 Å². The molecule has 1 aliphatic heterocycles. The number of benzene rings is 1. The second-order valence-electron chi connectivity index (χ2n) is 5.63. The predicted octanol–water partition coefficient (Wildman–Crippen LogP) is 2.34. The van der Waals surface area contributed by atoms with Gasteiger partial charge >= 0.3 is 5.97 Å². The number of anilines is 1. The zero-order chi connectivity index (χ0) is 17.1. The third-order valence-electron chi connectivity index (χ3n) is 3.83. The van der Waals surface area contributed by atoms with Gasteiger partial charge in [0, 0.05) is 30.3 Å². The van der Waals surface area contributed by atoms with E-state index in [1.807, 2.05) is 0 Å². The highest BCUT2D eigenvalue weighted by Crippen LogP contribution is 2.29. The molecule has 6 nitrogen and oxygen atoms in total. The molecule has 122 valence electrons. The molecule has 2 aromatic rings. The summed E-state index contributed by atoms with van der Waals surface area (Å²) in [5, 5.41) is 0. The number of esters is 1. The summed E-state index contributed by atoms with van der Waals surface area (Å²) < 4.78 is 5.28. The van der Waals surface area contributed by atoms with E-state index in [9.17, 15) is 14.4 Å². The number of ether oxygens (including phenoxy) is 1. The van der Waals surface area contributed by atoms with Crippen LogP contribution < -0.4 is 4.90 Å². The van der Waals surface area contributed by atoms with Crippen molar-refractivity contribution in [2.45, 2.75) is 20.0 Å². The lowest BCUT2D eigenvalue weighted by Crippen LogP contribution is -2.31. The predicted molar refractivity (Wildman–Crippen MR) is 86.1 cm³/mol. The standard InChI is InChI=1S/C18H16N2O4/c1-12-9-16(21)20(17(12)22)15-7-3-2-6-14(15)18(23)24-11-13-5-4-8-19-10-13/h2-8,10,12H,9,11H2,1H3. The van der Waals surface area contributed by atoms with Crippen LogP contribution in [0, 0.1) is 5.92 Å². The van der Waals surface area contributed by atoms with Gasteiger partial charge in [-0.05, 0) is 18.2 Å². The topological polar surface area (TPSA) is 76.6 Å². The molecule has 1 unspecified atom stereocenters. The molecule has 0 N–H and O–H groups in total. The Kier molecular flexibility index (Phi) is 4.37. The number of amides is 2. The van der Waals surface area contributed by atoms with Crippen molar-refractivity contribution in [3.8, 4) is 0 Å². The molecule has 24 heavy (non-hydrogen) atoms. The molecule has 0 spiro atoms. The SMILES string of the molecule is CC1CC(=O)N(c2ccccc2C(=O)OCc2cccnc2)C1=O. The Labute approximate surface area is 139 Å². The fourth-order valence-electron chi connectivity index (χ4n) is 2.59. The summed E-state index contributed by atoms with van der Waals surface area (Å²) in [7, 11) is 0. The highest BCUT2D eigenvalue weighted by molar-refractivity contribution is 6.22. The van der Waals surface area contributed by atoms with Gasteiger partial charge in [0.1, 0.15) is 6.61 Å². The molecule has 3 rings (SSSR count). The summed E-state index contributed by atoms with van der Waals surface area (Å²) in [6.07, 6.45) is 3.39. The monoisotopic (exact) mass is 324 g/mol. The first-order valence-corrected chi connectivity index (χ1v) is 7.60. The van der Waals surface area contributed by atoms with Crippen LogP contribution in [0.25, 0.3) is 0 Å². The summed E-state index contributed by atoms with van der Waals surface area (Å²) in [6, 6.07) is 10.0. The van der Waals surface area contributed by atoms with Gasteiger partial charge in [0.25, 0.3) is 0 Å². The van der Waals surface area contributed by atoms with Crippen molar-refractivity contribution in [2.75, 3.05) is 4.90 Å². The van der Waals surface area contributed by atoms with Crippen LogP contribution in [0.4, 0.5) is 5.69 Å². The van der Waals surface area contributed by atoms with Gasteiger partial charge in [0.05, 0.1) is 11.3 Å². The van der Waals surface area contributed by atoms with Crippen molar-refractivity contribution in [1.82, 2.24) is 4.98 Å². The smallest absolute Gasteiger partial charge is 0.340 e. The van der Waals surface area contributed by atoms with Gasteiger partial charge in [0.15, 0.2) is 0 Å². The van der Waals surface area contributed by atoms with Gasteiger partial charge in [-0.25, -0.2) is 9.69 Å². The summed E-state index contributed by atoms with van der Waals surface area (Å²) in [4.78, 5) is 41.7. The number of pyridine rings is 1. The van der Waals surface area contributed by atoms with Crippen LogP contribution in [0.1, 0.15) is 29.3 Å². The molecule has 1 aromatic carbocycles. The van der Waals surface area contributed by atoms with Gasteiger partial charge in [-0.2, -0.15) is 0 Å². The van der Waals surface area contributed by atoms with Crippen LogP contribution in [0.5, 0.6) is 0 Å². The second-order valence-corrected chi connectivity index (χ2v) is 5.63. The molecule has 2 amide bonds. The number of hydrogen-bond acceptors (Lipinski definition) is 5. The number of imide groups is 1. The number of rotatable bonds is 4. The molecule has 1 aliphatic rings. The zero-order valence-electron chi connectivity index (χ0n) is 13.1. The normalized spacial score (nSPS) is 17.2. The number of hydrogen-bond donors (Lipinski definition) is 0. The molecule has 0 aliphatic carbocycles. The van der Waals surface area contributed by atoms with Crippen molar-refractivity contribution in [3.63, 3.8) is 0 Å². The molecule has 2 heterocycles. The first-order valence-electron chi connectivity index (χ1n) is 7.60. The molecule has 0 bridgehead atoms. The Morgan fingerprint density at radius 1 is 1.25 bits per heavy atom. The quantitative estimate of drug-likeness (QED) is 0.637. The second kappa shape index (κ2) is 6.62. The first-order chi connectivity index (χ1) is 11.6. The molecule has 0 radical (unpaired) electrons. The van der Waals surface area contributed by atoms with Crippen molar-refractivity contribution in [3.05, 3.63) is 59.9 Å². The van der Waals surface area contributed by atoms with E-state index in [0.717, 1.165) is 10.5 Å². The van der Waals surface area contributed by atoms with E-state index in [4.69, 9.17) is 4.74 Å². The van der Waals surface area contributed by atoms with Crippen molar-refractivity contribution in [1.29, 1.82) is 0 Å². The number of nitrogens with zero attached hydrogens (tertiary/aromatic N) is 2. The number of carbonyl (C=O) groups is 3. The van der Waals surface area contributed by atoms with Crippen LogP contribution in [0.15, 0.2) is 48.8 Å². The van der Waals surface area contributed by atoms with Crippen molar-refractivity contribution >= 4 is 23.5 Å². The third kappa shape index (κ3) is 3.03. The maximum atomic E-state index is 12.4. The molecule has 1 atom stereocenters. The number of carbonyl (C=O) groups excluding carboxylic acids is 3. The minimum Gasteiger partial charge on any atom is -0.457 e. The summed E-state index contributed by atoms with van der Waals surface area (Å²) in [5.74, 6) is -1.57. The van der Waals surface area contributed by atoms with Crippen LogP contribution in [0.2, 0.25) is 0 Å². The van der Waals surface area contributed by atoms with Crippen molar-refractivity contribution < 1.29 is 19.1 Å². The maximum absolute atomic E-state index is 12.4. The van der Waals surface area contributed by atoms with E-state index < -0.39 is 5.97 Å². The van der Waals surface area contributed by atoms with E-state index in [1.54, 1.807) is 55.7 Å². The molecular formula is C18H16N2O4. The fourth-order valence-corrected chi connectivity index (χ4v) is 2.59. The molecule has 1 fully saturated rings. The number of aromatic nitrogens is 1. The lowest BCUT2D eigenvalue weighted by atomic mass is 10.1. The van der Waals surface area contributed by atoms with Gasteiger partial charge in [-0.15, -0.1) is 0 Å². The van der Waals surface area contributed by atoms with Crippen LogP contribution in [-0.2, 0) is 20.9 Å². The summed E-state index contributed by atoms with van der Waals surface area (Å²) in [6.45, 7) is 1.77. The van der Waals surface area contributed by atoms with E-state index >= 15 is 0 Å². The minimum absolute atomic E-state index is 0.0688. The third-order valence-corrected chi connectivity index (χ3v) is 3.83. The summed E-state index contributed by atoms with van der Waals surface area (Å²) in [5.41, 5.74) is 1.22. The van der Waals surface area contributed by atoms with Gasteiger partial charge in [-0.1, -0.05) is 25.1 Å². The lowest BCUT2D eigenvalue weighted by molar-refractivity contribution is -0.122. The molecule has 6 heteroatoms. The Balaban J connectivity index is 1.83. The Morgan fingerprint density at radius 3 is 2.71 bits per heavy atom. The highest BCUT2D eigenvalue weighted by atomic mass is 16.5. The van der Waals surface area contributed by atoms with Gasteiger partial charge in [0.2, 0.25) is 11.8 Å². The average molecular weight is 324 g/mol. The fraction of sp³-hybridized carbons (Fsp3) is 0.222. The number of para-hydroxylation sites is 1. The van der Waals surface area contributed by atoms with Gasteiger partial charge < -0.3 is 4.74 Å². The van der Waals surface area contributed by atoms with E-state index in [2.05, 4.69) is 4.98 Å². The van der Waals surface area contributed by atoms with E-state index in [0.29, 0.717) is 0 Å². The Bertz CT molecular complexity index is 789. The highest BCUT2D eigenvalue weighted by Gasteiger charge is 2.38. The van der Waals surface area contributed by atoms with E-state index in [-0.39, 0.29) is 42.0 Å². The summed E-state index contributed by atoms with van der Waals surface area (Å²) >= 11 is 0. The lowest BCUT2D eigenvalue weighted by Gasteiger charge is -2.17. The maximum Gasteiger partial charge on any atom is 0.340 e. The Morgan fingerprint density at radius 2 is 2.04 bits per heavy atom. The van der Waals surface area contributed by atoms with Gasteiger partial charge in [-0.3, -0.25) is 14.6 Å². The Hall–Kier alpha value is -3.02. The van der Waals surface area contributed by atoms with E-state index in [1.165, 1.54) is 0 Å². The first kappa shape index (κ1) is 15.9. The molecule has 1 aromatic heterocycles. The largest absolute Gasteiger partial charge is 0.457 e. The molecular weight excluding hydrogens is 308 g/mol. The van der Waals surface area contributed by atoms with Crippen LogP contribution in [0.3, 0.4) is 0 Å². The zero-order valence-corrected chi connectivity index (χ0v) is 13.1. The molecule has 0 saturated carbocycles. The van der Waals surface area contributed by atoms with Crippen LogP contribution >= 0.6 is 0 Å². The van der Waals surface area contributed by atoms with Crippen molar-refractivity contribution in [2.24, 2.45) is 5.92 Å². The average Bonchev–Trinajstić information content (AvgIpc) is 2.86. The minimum atomic E-state index is -0.588.